The summed E-state index contributed by atoms with van der Waals surface area (Å²) in [5, 5.41) is 0. The number of nitrogens with zero attached hydrogens (tertiary/aromatic N) is 1. The van der Waals surface area contributed by atoms with Crippen molar-refractivity contribution in [2.75, 3.05) is 7.11 Å². The molecule has 1 atom stereocenters. The molecule has 3 nitrogen and oxygen atoms in total. The van der Waals surface area contributed by atoms with Gasteiger partial charge < -0.3 is 4.74 Å². The molecule has 0 aliphatic carbocycles. The van der Waals surface area contributed by atoms with Gasteiger partial charge in [-0.1, -0.05) is 0 Å². The molecular formula is C10H9F2NO2. The van der Waals surface area contributed by atoms with E-state index in [0.29, 0.717) is 0 Å². The van der Waals surface area contributed by atoms with Gasteiger partial charge in [0.2, 0.25) is 11.9 Å². The van der Waals surface area contributed by atoms with Crippen LogP contribution in [0.5, 0.6) is 5.75 Å². The van der Waals surface area contributed by atoms with E-state index in [1.54, 1.807) is 0 Å². The Kier molecular flexibility index (Phi) is 3.17. The fourth-order valence-electron chi connectivity index (χ4n) is 1.18. The molecule has 0 bridgehead atoms. The van der Waals surface area contributed by atoms with Gasteiger partial charge in [0.25, 0.3) is 0 Å². The van der Waals surface area contributed by atoms with Gasteiger partial charge in [0.15, 0.2) is 0 Å². The zero-order valence-corrected chi connectivity index (χ0v) is 8.25. The molecule has 15 heavy (non-hydrogen) atoms. The highest BCUT2D eigenvalue weighted by atomic mass is 19.1. The number of carbonyl (C=O) groups excluding carboxylic acids is 1. The van der Waals surface area contributed by atoms with Crippen LogP contribution in [0, 0.1) is 5.82 Å². The first-order valence-electron chi connectivity index (χ1n) is 4.13. The lowest BCUT2D eigenvalue weighted by Gasteiger charge is -2.16. The van der Waals surface area contributed by atoms with Gasteiger partial charge in [0.1, 0.15) is 11.6 Å². The molecule has 0 N–H and O–H groups in total. The summed E-state index contributed by atoms with van der Waals surface area (Å²) in [6.07, 6.45) is 1.10. The maximum absolute atomic E-state index is 13.8. The van der Waals surface area contributed by atoms with E-state index in [0.717, 1.165) is 25.1 Å². The number of hydrogen-bond donors (Lipinski definition) is 0. The molecule has 0 amide bonds. The predicted octanol–water partition coefficient (Wildman–Crippen LogP) is 2.31. The van der Waals surface area contributed by atoms with Crippen LogP contribution in [0.15, 0.2) is 23.2 Å². The normalized spacial score (nSPS) is 13.9. The molecule has 0 saturated carbocycles. The van der Waals surface area contributed by atoms with Crippen molar-refractivity contribution in [1.29, 1.82) is 0 Å². The first kappa shape index (κ1) is 11.3. The van der Waals surface area contributed by atoms with E-state index in [9.17, 15) is 13.6 Å². The van der Waals surface area contributed by atoms with E-state index in [4.69, 9.17) is 4.74 Å². The summed E-state index contributed by atoms with van der Waals surface area (Å²) in [6.45, 7) is 1.02. The van der Waals surface area contributed by atoms with Crippen molar-refractivity contribution in [2.24, 2.45) is 4.99 Å². The lowest BCUT2D eigenvalue weighted by atomic mass is 10.1. The van der Waals surface area contributed by atoms with Crippen molar-refractivity contribution in [2.45, 2.75) is 12.7 Å². The van der Waals surface area contributed by atoms with Crippen LogP contribution in [-0.4, -0.2) is 13.2 Å². The molecule has 0 aromatic heterocycles. The monoisotopic (exact) mass is 213 g/mol. The average molecular weight is 213 g/mol. The summed E-state index contributed by atoms with van der Waals surface area (Å²) in [5.74, 6) is -2.84. The van der Waals surface area contributed by atoms with Gasteiger partial charge in [0, 0.05) is 0 Å². The lowest BCUT2D eigenvalue weighted by molar-refractivity contribution is 0.198. The van der Waals surface area contributed by atoms with Gasteiger partial charge in [-0.05, 0) is 25.1 Å². The standard InChI is InChI=1S/C10H9F2NO2/c1-10(12,13-6-14)8-5-7(11)3-4-9(8)15-2/h3-5H,1-2H3. The fourth-order valence-corrected chi connectivity index (χ4v) is 1.18. The number of methoxy groups -OCH3 is 1. The Morgan fingerprint density at radius 2 is 2.20 bits per heavy atom. The van der Waals surface area contributed by atoms with E-state index in [-0.39, 0.29) is 11.3 Å². The third-order valence-electron chi connectivity index (χ3n) is 1.91. The summed E-state index contributed by atoms with van der Waals surface area (Å²) in [6, 6.07) is 3.32. The largest absolute Gasteiger partial charge is 0.496 e. The first-order chi connectivity index (χ1) is 7.01. The van der Waals surface area contributed by atoms with E-state index >= 15 is 0 Å². The molecule has 80 valence electrons. The van der Waals surface area contributed by atoms with Crippen LogP contribution in [-0.2, 0) is 10.6 Å². The molecule has 0 radical (unpaired) electrons. The maximum Gasteiger partial charge on any atom is 0.238 e. The second-order valence-corrected chi connectivity index (χ2v) is 3.00. The molecule has 0 fully saturated rings. The molecule has 1 rings (SSSR count). The van der Waals surface area contributed by atoms with Gasteiger partial charge in [-0.15, -0.1) is 0 Å². The van der Waals surface area contributed by atoms with Crippen LogP contribution in [0.4, 0.5) is 8.78 Å². The Morgan fingerprint density at radius 3 is 2.73 bits per heavy atom. The Labute approximate surface area is 85.4 Å². The van der Waals surface area contributed by atoms with Gasteiger partial charge >= 0.3 is 0 Å². The van der Waals surface area contributed by atoms with Crippen molar-refractivity contribution < 1.29 is 18.3 Å². The summed E-state index contributed by atoms with van der Waals surface area (Å²) in [5.41, 5.74) is -0.145. The molecule has 0 saturated heterocycles. The molecule has 5 heteroatoms. The number of isocyanates is 1. The zero-order chi connectivity index (χ0) is 11.5. The lowest BCUT2D eigenvalue weighted by Crippen LogP contribution is -2.13. The van der Waals surface area contributed by atoms with Crippen LogP contribution in [0.25, 0.3) is 0 Å². The number of alkyl halides is 1. The number of halogens is 2. The van der Waals surface area contributed by atoms with Gasteiger partial charge in [-0.2, -0.15) is 4.99 Å². The number of benzene rings is 1. The van der Waals surface area contributed by atoms with E-state index in [2.05, 4.69) is 4.99 Å². The SMILES string of the molecule is COc1ccc(F)cc1C(C)(F)N=C=O. The van der Waals surface area contributed by atoms with Crippen molar-refractivity contribution in [3.05, 3.63) is 29.6 Å². The predicted molar refractivity (Wildman–Crippen MR) is 49.5 cm³/mol. The Morgan fingerprint density at radius 1 is 1.53 bits per heavy atom. The number of hydrogen-bond acceptors (Lipinski definition) is 3. The van der Waals surface area contributed by atoms with Gasteiger partial charge in [-0.3, -0.25) is 0 Å². The quantitative estimate of drug-likeness (QED) is 0.439. The summed E-state index contributed by atoms with van der Waals surface area (Å²) >= 11 is 0. The third kappa shape index (κ3) is 2.39. The summed E-state index contributed by atoms with van der Waals surface area (Å²) in [4.78, 5) is 13.0. The van der Waals surface area contributed by atoms with Crippen molar-refractivity contribution in [3.63, 3.8) is 0 Å². The minimum absolute atomic E-state index is 0.125. The minimum Gasteiger partial charge on any atom is -0.496 e. The van der Waals surface area contributed by atoms with Crippen LogP contribution in [0.3, 0.4) is 0 Å². The second kappa shape index (κ2) is 4.19. The highest BCUT2D eigenvalue weighted by molar-refractivity contribution is 5.42. The van der Waals surface area contributed by atoms with Crippen molar-refractivity contribution in [3.8, 4) is 5.75 Å². The van der Waals surface area contributed by atoms with Crippen LogP contribution >= 0.6 is 0 Å². The Balaban J connectivity index is 3.33. The van der Waals surface area contributed by atoms with E-state index in [1.165, 1.54) is 13.2 Å². The Bertz CT molecular complexity index is 412. The second-order valence-electron chi connectivity index (χ2n) is 3.00. The zero-order valence-electron chi connectivity index (χ0n) is 8.25. The van der Waals surface area contributed by atoms with Gasteiger partial charge in [-0.25, -0.2) is 13.6 Å². The Hall–Kier alpha value is -1.74. The third-order valence-corrected chi connectivity index (χ3v) is 1.91. The van der Waals surface area contributed by atoms with E-state index < -0.39 is 11.6 Å². The molecular weight excluding hydrogens is 204 g/mol. The smallest absolute Gasteiger partial charge is 0.238 e. The molecule has 1 aromatic carbocycles. The molecule has 0 aliphatic rings. The van der Waals surface area contributed by atoms with Crippen LogP contribution in [0.1, 0.15) is 12.5 Å². The molecule has 0 heterocycles. The topological polar surface area (TPSA) is 38.7 Å². The molecule has 1 aromatic rings. The number of aliphatic imine (C=N–C) groups is 1. The molecule has 0 aliphatic heterocycles. The molecule has 1 unspecified atom stereocenters. The summed E-state index contributed by atoms with van der Waals surface area (Å²) in [7, 11) is 1.32. The first-order valence-corrected chi connectivity index (χ1v) is 4.13. The maximum atomic E-state index is 13.8. The summed E-state index contributed by atoms with van der Waals surface area (Å²) < 4.78 is 31.5. The molecule has 0 spiro atoms. The average Bonchev–Trinajstić information content (AvgIpc) is 2.17. The van der Waals surface area contributed by atoms with Crippen molar-refractivity contribution in [1.82, 2.24) is 0 Å². The fraction of sp³-hybridized carbons (Fsp3) is 0.300. The number of ether oxygens (including phenoxy) is 1. The van der Waals surface area contributed by atoms with Crippen LogP contribution < -0.4 is 4.74 Å². The van der Waals surface area contributed by atoms with Crippen molar-refractivity contribution >= 4 is 6.08 Å². The van der Waals surface area contributed by atoms with E-state index in [1.807, 2.05) is 0 Å². The highest BCUT2D eigenvalue weighted by Gasteiger charge is 2.29. The number of rotatable bonds is 3. The minimum atomic E-state index is -2.34. The van der Waals surface area contributed by atoms with Crippen LogP contribution in [0.2, 0.25) is 0 Å². The highest BCUT2D eigenvalue weighted by Crippen LogP contribution is 2.34. The van der Waals surface area contributed by atoms with Gasteiger partial charge in [0.05, 0.1) is 12.7 Å².